The zero-order chi connectivity index (χ0) is 20.1. The summed E-state index contributed by atoms with van der Waals surface area (Å²) < 4.78 is 6.34. The Morgan fingerprint density at radius 1 is 0.897 bits per heavy atom. The highest BCUT2D eigenvalue weighted by atomic mass is 79.9. The third kappa shape index (κ3) is 4.91. The van der Waals surface area contributed by atoms with E-state index in [1.807, 2.05) is 53.9 Å². The summed E-state index contributed by atoms with van der Waals surface area (Å²) in [4.78, 5) is 16.7. The van der Waals surface area contributed by atoms with E-state index in [1.165, 1.54) is 16.9 Å². The van der Waals surface area contributed by atoms with E-state index >= 15 is 0 Å². The summed E-state index contributed by atoms with van der Waals surface area (Å²) in [6.07, 6.45) is 0. The van der Waals surface area contributed by atoms with Gasteiger partial charge in [-0.15, -0.1) is 11.3 Å². The first-order chi connectivity index (χ1) is 14.2. The van der Waals surface area contributed by atoms with E-state index in [1.54, 1.807) is 6.07 Å². The highest BCUT2D eigenvalue weighted by Gasteiger charge is 2.10. The molecule has 0 unspecified atom stereocenters. The van der Waals surface area contributed by atoms with Crippen LogP contribution < -0.4 is 10.1 Å². The fraction of sp³-hybridized carbons (Fsp3) is 0.0435. The van der Waals surface area contributed by atoms with Gasteiger partial charge in [-0.1, -0.05) is 66.7 Å². The quantitative estimate of drug-likeness (QED) is 0.366. The number of rotatable bonds is 6. The average molecular weight is 465 g/mol. The van der Waals surface area contributed by atoms with Crippen molar-refractivity contribution in [3.05, 3.63) is 88.7 Å². The number of carbonyl (C=O) groups is 1. The van der Waals surface area contributed by atoms with Crippen molar-refractivity contribution in [2.24, 2.45) is 0 Å². The van der Waals surface area contributed by atoms with Crippen molar-refractivity contribution >= 4 is 38.3 Å². The van der Waals surface area contributed by atoms with Crippen LogP contribution >= 0.6 is 27.3 Å². The number of aromatic nitrogens is 1. The van der Waals surface area contributed by atoms with Gasteiger partial charge in [-0.3, -0.25) is 10.1 Å². The Bertz CT molecular complexity index is 1110. The van der Waals surface area contributed by atoms with E-state index in [9.17, 15) is 4.79 Å². The summed E-state index contributed by atoms with van der Waals surface area (Å²) in [6.45, 7) is -0.0801. The Hall–Kier alpha value is -2.96. The second kappa shape index (κ2) is 9.03. The lowest BCUT2D eigenvalue weighted by Gasteiger charge is -2.07. The van der Waals surface area contributed by atoms with Crippen LogP contribution in [0.4, 0.5) is 5.13 Å². The van der Waals surface area contributed by atoms with Gasteiger partial charge in [0.1, 0.15) is 5.75 Å². The van der Waals surface area contributed by atoms with Gasteiger partial charge >= 0.3 is 0 Å². The van der Waals surface area contributed by atoms with E-state index in [0.717, 1.165) is 21.3 Å². The highest BCUT2D eigenvalue weighted by molar-refractivity contribution is 9.10. The molecule has 0 fully saturated rings. The van der Waals surface area contributed by atoms with Gasteiger partial charge < -0.3 is 4.74 Å². The molecule has 4 rings (SSSR count). The molecule has 144 valence electrons. The number of nitrogens with zero attached hydrogens (tertiary/aromatic N) is 1. The van der Waals surface area contributed by atoms with Gasteiger partial charge in [0.2, 0.25) is 0 Å². The highest BCUT2D eigenvalue weighted by Crippen LogP contribution is 2.28. The predicted octanol–water partition coefficient (Wildman–Crippen LogP) is 6.26. The summed E-state index contributed by atoms with van der Waals surface area (Å²) in [7, 11) is 0. The molecule has 3 aromatic carbocycles. The molecule has 4 aromatic rings. The lowest BCUT2D eigenvalue weighted by atomic mass is 10.0. The first-order valence-corrected chi connectivity index (χ1v) is 10.6. The van der Waals surface area contributed by atoms with Crippen LogP contribution in [0.1, 0.15) is 0 Å². The summed E-state index contributed by atoms with van der Waals surface area (Å²) >= 11 is 4.79. The molecule has 0 radical (unpaired) electrons. The number of para-hydroxylation sites is 1. The molecule has 0 saturated carbocycles. The van der Waals surface area contributed by atoms with Crippen molar-refractivity contribution in [1.29, 1.82) is 0 Å². The second-order valence-electron chi connectivity index (χ2n) is 6.25. The standard InChI is InChI=1S/C23H17BrN2O2S/c24-19-8-4-5-9-21(19)28-14-22(27)26-23-25-20(15-29-23)18-12-10-17(11-13-18)16-6-2-1-3-7-16/h1-13,15H,14H2,(H,25,26,27). The maximum absolute atomic E-state index is 12.2. The molecular weight excluding hydrogens is 448 g/mol. The minimum absolute atomic E-state index is 0.0801. The first kappa shape index (κ1) is 19.4. The number of ether oxygens (including phenoxy) is 1. The van der Waals surface area contributed by atoms with Crippen molar-refractivity contribution in [3.8, 4) is 28.1 Å². The smallest absolute Gasteiger partial charge is 0.264 e. The SMILES string of the molecule is O=C(COc1ccccc1Br)Nc1nc(-c2ccc(-c3ccccc3)cc2)cs1. The lowest BCUT2D eigenvalue weighted by Crippen LogP contribution is -2.20. The van der Waals surface area contributed by atoms with Gasteiger partial charge in [0, 0.05) is 10.9 Å². The minimum Gasteiger partial charge on any atom is -0.483 e. The molecular formula is C23H17BrN2O2S. The van der Waals surface area contributed by atoms with Crippen molar-refractivity contribution in [2.45, 2.75) is 0 Å². The maximum Gasteiger partial charge on any atom is 0.264 e. The molecule has 0 atom stereocenters. The molecule has 1 heterocycles. The van der Waals surface area contributed by atoms with Gasteiger partial charge in [0.25, 0.3) is 5.91 Å². The largest absolute Gasteiger partial charge is 0.483 e. The van der Waals surface area contributed by atoms with Gasteiger partial charge in [-0.05, 0) is 39.2 Å². The van der Waals surface area contributed by atoms with Gasteiger partial charge in [-0.2, -0.15) is 0 Å². The number of amides is 1. The predicted molar refractivity (Wildman–Crippen MR) is 121 cm³/mol. The summed E-state index contributed by atoms with van der Waals surface area (Å²) in [5, 5.41) is 5.27. The minimum atomic E-state index is -0.249. The Balaban J connectivity index is 1.38. The van der Waals surface area contributed by atoms with Gasteiger partial charge in [-0.25, -0.2) is 4.98 Å². The monoisotopic (exact) mass is 464 g/mol. The normalized spacial score (nSPS) is 10.5. The summed E-state index contributed by atoms with van der Waals surface area (Å²) in [6, 6.07) is 25.9. The zero-order valence-corrected chi connectivity index (χ0v) is 17.7. The van der Waals surface area contributed by atoms with Crippen molar-refractivity contribution in [1.82, 2.24) is 4.98 Å². The molecule has 4 nitrogen and oxygen atoms in total. The number of anilines is 1. The fourth-order valence-electron chi connectivity index (χ4n) is 2.79. The van der Waals surface area contributed by atoms with E-state index in [0.29, 0.717) is 10.9 Å². The second-order valence-corrected chi connectivity index (χ2v) is 7.96. The number of hydrogen-bond donors (Lipinski definition) is 1. The molecule has 0 aliphatic heterocycles. The number of nitrogens with one attached hydrogen (secondary N) is 1. The van der Waals surface area contributed by atoms with Crippen molar-refractivity contribution < 1.29 is 9.53 Å². The number of thiazole rings is 1. The Morgan fingerprint density at radius 3 is 2.31 bits per heavy atom. The maximum atomic E-state index is 12.2. The summed E-state index contributed by atoms with van der Waals surface area (Å²) in [5.74, 6) is 0.377. The van der Waals surface area contributed by atoms with Crippen LogP contribution in [0.3, 0.4) is 0 Å². The fourth-order valence-corrected chi connectivity index (χ4v) is 3.92. The molecule has 0 aliphatic carbocycles. The molecule has 0 spiro atoms. The van der Waals surface area contributed by atoms with Crippen LogP contribution in [0.5, 0.6) is 5.75 Å². The van der Waals surface area contributed by atoms with Crippen LogP contribution in [0.15, 0.2) is 88.7 Å². The van der Waals surface area contributed by atoms with Crippen molar-refractivity contribution in [3.63, 3.8) is 0 Å². The molecule has 0 saturated heterocycles. The van der Waals surface area contributed by atoms with E-state index in [2.05, 4.69) is 50.5 Å². The molecule has 0 aliphatic rings. The number of halogens is 1. The Morgan fingerprint density at radius 2 is 1.55 bits per heavy atom. The number of benzene rings is 3. The molecule has 0 bridgehead atoms. The van der Waals surface area contributed by atoms with Gasteiger partial charge in [0.05, 0.1) is 10.2 Å². The molecule has 6 heteroatoms. The third-order valence-corrected chi connectivity index (χ3v) is 5.65. The summed E-state index contributed by atoms with van der Waals surface area (Å²) in [5.41, 5.74) is 4.17. The van der Waals surface area contributed by atoms with Crippen LogP contribution in [0, 0.1) is 0 Å². The van der Waals surface area contributed by atoms with E-state index < -0.39 is 0 Å². The van der Waals surface area contributed by atoms with E-state index in [4.69, 9.17) is 4.74 Å². The topological polar surface area (TPSA) is 51.2 Å². The Labute approximate surface area is 181 Å². The van der Waals surface area contributed by atoms with Crippen LogP contribution in [-0.4, -0.2) is 17.5 Å². The number of carbonyl (C=O) groups excluding carboxylic acids is 1. The average Bonchev–Trinajstić information content (AvgIpc) is 3.22. The molecule has 29 heavy (non-hydrogen) atoms. The van der Waals surface area contributed by atoms with Crippen LogP contribution in [0.25, 0.3) is 22.4 Å². The first-order valence-electron chi connectivity index (χ1n) is 8.97. The van der Waals surface area contributed by atoms with Gasteiger partial charge in [0.15, 0.2) is 11.7 Å². The molecule has 1 amide bonds. The third-order valence-electron chi connectivity index (χ3n) is 4.23. The van der Waals surface area contributed by atoms with Crippen LogP contribution in [-0.2, 0) is 4.79 Å². The molecule has 1 N–H and O–H groups in total. The van der Waals surface area contributed by atoms with E-state index in [-0.39, 0.29) is 12.5 Å². The number of hydrogen-bond acceptors (Lipinski definition) is 4. The lowest BCUT2D eigenvalue weighted by molar-refractivity contribution is -0.118. The van der Waals surface area contributed by atoms with Crippen LogP contribution in [0.2, 0.25) is 0 Å². The zero-order valence-electron chi connectivity index (χ0n) is 15.3. The van der Waals surface area contributed by atoms with Crippen molar-refractivity contribution in [2.75, 3.05) is 11.9 Å². The molecule has 1 aromatic heterocycles. The Kier molecular flexibility index (Phi) is 6.03.